The van der Waals surface area contributed by atoms with Crippen molar-refractivity contribution in [2.24, 2.45) is 0 Å². The number of rotatable bonds is 3. The van der Waals surface area contributed by atoms with E-state index in [1.807, 2.05) is 54.6 Å². The first-order valence-corrected chi connectivity index (χ1v) is 8.62. The largest absolute Gasteiger partial charge is 0.411 e. The third-order valence-corrected chi connectivity index (χ3v) is 5.01. The Hall–Kier alpha value is -2.60. The molecule has 0 saturated carbocycles. The molecule has 0 unspecified atom stereocenters. The van der Waals surface area contributed by atoms with Crippen molar-refractivity contribution in [3.8, 4) is 11.5 Å². The number of nitrogens with zero attached hydrogens (tertiary/aromatic N) is 2. The van der Waals surface area contributed by atoms with E-state index in [9.17, 15) is 4.79 Å². The fraction of sp³-hybridized carbons (Fsp3) is 0.167. The summed E-state index contributed by atoms with van der Waals surface area (Å²) in [6.07, 6.45) is 1.57. The average Bonchev–Trinajstić information content (AvgIpc) is 3.02. The summed E-state index contributed by atoms with van der Waals surface area (Å²) in [7, 11) is 0. The zero-order chi connectivity index (χ0) is 16.4. The highest BCUT2D eigenvalue weighted by atomic mass is 32.2. The lowest BCUT2D eigenvalue weighted by Crippen LogP contribution is -2.23. The number of nitrogens with one attached hydrogen (secondary N) is 1. The van der Waals surface area contributed by atoms with Crippen LogP contribution in [-0.2, 0) is 11.2 Å². The third kappa shape index (κ3) is 3.05. The summed E-state index contributed by atoms with van der Waals surface area (Å²) < 4.78 is 5.70. The molecule has 2 heterocycles. The van der Waals surface area contributed by atoms with Crippen LogP contribution in [0.2, 0.25) is 0 Å². The first-order chi connectivity index (χ1) is 11.8. The first kappa shape index (κ1) is 15.0. The van der Waals surface area contributed by atoms with Crippen LogP contribution in [0.25, 0.3) is 11.5 Å². The number of thioether (sulfide) groups is 1. The molecule has 0 fully saturated rings. The number of carbonyl (C=O) groups is 1. The summed E-state index contributed by atoms with van der Waals surface area (Å²) >= 11 is 1.32. The monoisotopic (exact) mass is 337 g/mol. The van der Waals surface area contributed by atoms with Gasteiger partial charge in [-0.05, 0) is 36.6 Å². The molecular weight excluding hydrogens is 322 g/mol. The van der Waals surface area contributed by atoms with Crippen LogP contribution in [0, 0.1) is 0 Å². The molecule has 1 amide bonds. The van der Waals surface area contributed by atoms with Crippen molar-refractivity contribution in [1.82, 2.24) is 10.2 Å². The molecule has 0 radical (unpaired) electrons. The Morgan fingerprint density at radius 1 is 1.04 bits per heavy atom. The van der Waals surface area contributed by atoms with Crippen LogP contribution in [0.15, 0.2) is 64.2 Å². The number of fused-ring (bicyclic) bond motifs is 1. The Labute approximate surface area is 143 Å². The van der Waals surface area contributed by atoms with Crippen LogP contribution in [0.1, 0.15) is 12.0 Å². The number of anilines is 1. The zero-order valence-electron chi connectivity index (χ0n) is 12.8. The number of amides is 1. The maximum absolute atomic E-state index is 12.4. The standard InChI is InChI=1S/C18H15N3O2S/c22-16-15(11-10-12-6-4-5-9-14(12)19-16)24-18-21-20-17(23-18)13-7-2-1-3-8-13/h1-9,15H,10-11H2,(H,19,22)/t15-/m0/s1. The summed E-state index contributed by atoms with van der Waals surface area (Å²) in [5.41, 5.74) is 2.92. The van der Waals surface area contributed by atoms with Gasteiger partial charge >= 0.3 is 0 Å². The number of carbonyl (C=O) groups excluding carboxylic acids is 1. The molecule has 3 aromatic rings. The molecule has 1 aliphatic heterocycles. The van der Waals surface area contributed by atoms with Crippen molar-refractivity contribution in [1.29, 1.82) is 0 Å². The summed E-state index contributed by atoms with van der Waals surface area (Å²) in [4.78, 5) is 12.4. The van der Waals surface area contributed by atoms with E-state index < -0.39 is 0 Å². The normalized spacial score (nSPS) is 17.0. The predicted molar refractivity (Wildman–Crippen MR) is 92.8 cm³/mol. The van der Waals surface area contributed by atoms with Gasteiger partial charge in [0.2, 0.25) is 11.8 Å². The first-order valence-electron chi connectivity index (χ1n) is 7.74. The summed E-state index contributed by atoms with van der Waals surface area (Å²) in [6.45, 7) is 0. The second kappa shape index (κ2) is 6.49. The number of hydrogen-bond acceptors (Lipinski definition) is 5. The smallest absolute Gasteiger partial charge is 0.277 e. The lowest BCUT2D eigenvalue weighted by molar-refractivity contribution is -0.115. The van der Waals surface area contributed by atoms with Crippen molar-refractivity contribution in [2.75, 3.05) is 5.32 Å². The third-order valence-electron chi connectivity index (χ3n) is 3.91. The highest BCUT2D eigenvalue weighted by Crippen LogP contribution is 2.32. The van der Waals surface area contributed by atoms with Gasteiger partial charge < -0.3 is 9.73 Å². The van der Waals surface area contributed by atoms with Gasteiger partial charge in [-0.25, -0.2) is 0 Å². The number of para-hydroxylation sites is 1. The van der Waals surface area contributed by atoms with E-state index in [1.165, 1.54) is 11.8 Å². The fourth-order valence-electron chi connectivity index (χ4n) is 2.68. The topological polar surface area (TPSA) is 68.0 Å². The average molecular weight is 337 g/mol. The Morgan fingerprint density at radius 2 is 1.83 bits per heavy atom. The number of benzene rings is 2. The van der Waals surface area contributed by atoms with Crippen LogP contribution in [-0.4, -0.2) is 21.4 Å². The minimum Gasteiger partial charge on any atom is -0.411 e. The molecule has 0 aliphatic carbocycles. The van der Waals surface area contributed by atoms with Gasteiger partial charge in [0.15, 0.2) is 0 Å². The molecule has 1 N–H and O–H groups in total. The quantitative estimate of drug-likeness (QED) is 0.788. The lowest BCUT2D eigenvalue weighted by atomic mass is 10.1. The van der Waals surface area contributed by atoms with Crippen LogP contribution in [0.3, 0.4) is 0 Å². The van der Waals surface area contributed by atoms with Gasteiger partial charge in [-0.1, -0.05) is 48.2 Å². The van der Waals surface area contributed by atoms with Crippen LogP contribution >= 0.6 is 11.8 Å². The van der Waals surface area contributed by atoms with Gasteiger partial charge in [-0.3, -0.25) is 4.79 Å². The second-order valence-electron chi connectivity index (χ2n) is 5.53. The maximum atomic E-state index is 12.4. The van der Waals surface area contributed by atoms with Crippen molar-refractivity contribution in [3.63, 3.8) is 0 Å². The van der Waals surface area contributed by atoms with Crippen molar-refractivity contribution in [2.45, 2.75) is 23.3 Å². The van der Waals surface area contributed by atoms with Gasteiger partial charge in [-0.2, -0.15) is 0 Å². The molecule has 0 spiro atoms. The SMILES string of the molecule is O=C1Nc2ccccc2CC[C@@H]1Sc1nnc(-c2ccccc2)o1. The fourth-order valence-corrected chi connectivity index (χ4v) is 3.54. The van der Waals surface area contributed by atoms with Gasteiger partial charge in [-0.15, -0.1) is 10.2 Å². The summed E-state index contributed by atoms with van der Waals surface area (Å²) in [5, 5.41) is 11.3. The number of aromatic nitrogens is 2. The van der Waals surface area contributed by atoms with Crippen LogP contribution in [0.5, 0.6) is 0 Å². The molecule has 4 rings (SSSR count). The van der Waals surface area contributed by atoms with Gasteiger partial charge in [0, 0.05) is 11.3 Å². The van der Waals surface area contributed by atoms with Gasteiger partial charge in [0.05, 0.1) is 5.25 Å². The van der Waals surface area contributed by atoms with E-state index in [0.29, 0.717) is 11.1 Å². The van der Waals surface area contributed by atoms with E-state index >= 15 is 0 Å². The number of hydrogen-bond donors (Lipinski definition) is 1. The Bertz CT molecular complexity index is 863. The molecular formula is C18H15N3O2S. The van der Waals surface area contributed by atoms with E-state index in [2.05, 4.69) is 15.5 Å². The molecule has 2 aromatic carbocycles. The second-order valence-corrected chi connectivity index (χ2v) is 6.68. The highest BCUT2D eigenvalue weighted by Gasteiger charge is 2.26. The molecule has 1 aromatic heterocycles. The van der Waals surface area contributed by atoms with Crippen LogP contribution in [0.4, 0.5) is 5.69 Å². The van der Waals surface area contributed by atoms with Gasteiger partial charge in [0.25, 0.3) is 5.22 Å². The minimum absolute atomic E-state index is 0.0237. The number of aryl methyl sites for hydroxylation is 1. The zero-order valence-corrected chi connectivity index (χ0v) is 13.6. The van der Waals surface area contributed by atoms with Gasteiger partial charge in [0.1, 0.15) is 0 Å². The predicted octanol–water partition coefficient (Wildman–Crippen LogP) is 3.78. The molecule has 0 bridgehead atoms. The highest BCUT2D eigenvalue weighted by molar-refractivity contribution is 8.00. The molecule has 120 valence electrons. The molecule has 1 aliphatic rings. The molecule has 6 heteroatoms. The lowest BCUT2D eigenvalue weighted by Gasteiger charge is -2.09. The molecule has 1 atom stereocenters. The van der Waals surface area contributed by atoms with E-state index in [0.717, 1.165) is 29.7 Å². The van der Waals surface area contributed by atoms with E-state index in [-0.39, 0.29) is 11.2 Å². The van der Waals surface area contributed by atoms with E-state index in [1.54, 1.807) is 0 Å². The minimum atomic E-state index is -0.249. The van der Waals surface area contributed by atoms with Crippen molar-refractivity contribution < 1.29 is 9.21 Å². The van der Waals surface area contributed by atoms with Crippen LogP contribution < -0.4 is 5.32 Å². The Kier molecular flexibility index (Phi) is 4.04. The maximum Gasteiger partial charge on any atom is 0.277 e. The Balaban J connectivity index is 1.50. The Morgan fingerprint density at radius 3 is 2.71 bits per heavy atom. The van der Waals surface area contributed by atoms with Crippen molar-refractivity contribution >= 4 is 23.4 Å². The molecule has 24 heavy (non-hydrogen) atoms. The summed E-state index contributed by atoms with van der Waals surface area (Å²) in [5.74, 6) is 0.444. The summed E-state index contributed by atoms with van der Waals surface area (Å²) in [6, 6.07) is 17.5. The molecule has 0 saturated heterocycles. The molecule has 5 nitrogen and oxygen atoms in total. The van der Waals surface area contributed by atoms with E-state index in [4.69, 9.17) is 4.42 Å². The van der Waals surface area contributed by atoms with Crippen molar-refractivity contribution in [3.05, 3.63) is 60.2 Å².